The molecule has 0 aromatic heterocycles. The molecule has 0 amide bonds. The van der Waals surface area contributed by atoms with Crippen LogP contribution in [0.1, 0.15) is 23.6 Å². The van der Waals surface area contributed by atoms with Crippen molar-refractivity contribution in [3.05, 3.63) is 65.2 Å². The van der Waals surface area contributed by atoms with Crippen LogP contribution in [0.15, 0.2) is 48.5 Å². The molecule has 2 aromatic carbocycles. The highest BCUT2D eigenvalue weighted by molar-refractivity contribution is 5.43. The van der Waals surface area contributed by atoms with Gasteiger partial charge in [-0.25, -0.2) is 0 Å². The Kier molecular flexibility index (Phi) is 5.19. The van der Waals surface area contributed by atoms with E-state index in [0.717, 1.165) is 25.2 Å². The first-order valence-corrected chi connectivity index (χ1v) is 7.24. The van der Waals surface area contributed by atoms with Gasteiger partial charge in [0.15, 0.2) is 0 Å². The fraction of sp³-hybridized carbons (Fsp3) is 0.333. The predicted molar refractivity (Wildman–Crippen MR) is 87.0 cm³/mol. The molecule has 0 aliphatic heterocycles. The molecule has 0 saturated carbocycles. The van der Waals surface area contributed by atoms with Crippen molar-refractivity contribution in [3.63, 3.8) is 0 Å². The zero-order valence-electron chi connectivity index (χ0n) is 12.7. The average Bonchev–Trinajstić information content (AvgIpc) is 2.49. The molecule has 0 atom stereocenters. The second kappa shape index (κ2) is 7.11. The zero-order valence-corrected chi connectivity index (χ0v) is 12.7. The van der Waals surface area contributed by atoms with Crippen LogP contribution in [0.2, 0.25) is 0 Å². The summed E-state index contributed by atoms with van der Waals surface area (Å²) in [6.07, 6.45) is 1.11. The third kappa shape index (κ3) is 4.10. The molecule has 2 rings (SSSR count). The molecule has 106 valence electrons. The predicted octanol–water partition coefficient (Wildman–Crippen LogP) is 3.92. The minimum Gasteiger partial charge on any atom is -0.388 e. The lowest BCUT2D eigenvalue weighted by molar-refractivity contribution is 0.319. The van der Waals surface area contributed by atoms with Crippen molar-refractivity contribution in [2.45, 2.75) is 26.4 Å². The van der Waals surface area contributed by atoms with Gasteiger partial charge in [0.25, 0.3) is 0 Å². The Morgan fingerprint density at radius 3 is 1.70 bits per heavy atom. The van der Waals surface area contributed by atoms with Gasteiger partial charge in [0, 0.05) is 25.8 Å². The quantitative estimate of drug-likeness (QED) is 0.854. The fourth-order valence-electron chi connectivity index (χ4n) is 2.34. The molecule has 20 heavy (non-hydrogen) atoms. The first-order valence-electron chi connectivity index (χ1n) is 7.24. The van der Waals surface area contributed by atoms with E-state index < -0.39 is 0 Å². The Hall–Kier alpha value is -1.80. The van der Waals surface area contributed by atoms with Gasteiger partial charge in [0.2, 0.25) is 0 Å². The van der Waals surface area contributed by atoms with Gasteiger partial charge in [-0.2, -0.15) is 0 Å². The van der Waals surface area contributed by atoms with Gasteiger partial charge in [-0.3, -0.25) is 4.90 Å². The molecule has 1 N–H and O–H groups in total. The summed E-state index contributed by atoms with van der Waals surface area (Å²) in [7, 11) is 4.11. The van der Waals surface area contributed by atoms with Crippen LogP contribution in [-0.2, 0) is 19.5 Å². The van der Waals surface area contributed by atoms with Crippen molar-refractivity contribution in [3.8, 4) is 0 Å². The van der Waals surface area contributed by atoms with E-state index in [1.165, 1.54) is 16.7 Å². The van der Waals surface area contributed by atoms with Crippen molar-refractivity contribution in [2.24, 2.45) is 0 Å². The van der Waals surface area contributed by atoms with Gasteiger partial charge in [0.05, 0.1) is 0 Å². The Labute approximate surface area is 122 Å². The van der Waals surface area contributed by atoms with E-state index in [1.807, 2.05) is 7.05 Å². The highest BCUT2D eigenvalue weighted by Gasteiger charge is 2.02. The average molecular weight is 268 g/mol. The topological polar surface area (TPSA) is 15.3 Å². The highest BCUT2D eigenvalue weighted by atomic mass is 15.1. The SMILES string of the molecule is CCc1ccc(CN(C)Cc2ccc(NC)cc2)cc1. The molecule has 0 spiro atoms. The monoisotopic (exact) mass is 268 g/mol. The minimum atomic E-state index is 0.972. The Morgan fingerprint density at radius 2 is 1.25 bits per heavy atom. The molecule has 0 aliphatic carbocycles. The van der Waals surface area contributed by atoms with E-state index in [1.54, 1.807) is 0 Å². The summed E-state index contributed by atoms with van der Waals surface area (Å²) in [6.45, 7) is 4.15. The Balaban J connectivity index is 1.91. The number of rotatable bonds is 6. The van der Waals surface area contributed by atoms with Gasteiger partial charge < -0.3 is 5.32 Å². The maximum absolute atomic E-state index is 3.14. The Bertz CT molecular complexity index is 465. The van der Waals surface area contributed by atoms with Gasteiger partial charge in [-0.05, 0) is 42.3 Å². The standard InChI is InChI=1S/C18H24N2/c1-4-15-5-7-16(8-6-15)13-20(3)14-17-9-11-18(19-2)12-10-17/h5-12,19H,4,13-14H2,1-3H3. The molecule has 0 aliphatic rings. The molecule has 2 aromatic rings. The first kappa shape index (κ1) is 14.6. The van der Waals surface area contributed by atoms with Crippen molar-refractivity contribution in [2.75, 3.05) is 19.4 Å². The van der Waals surface area contributed by atoms with Crippen LogP contribution in [-0.4, -0.2) is 19.0 Å². The molecule has 0 radical (unpaired) electrons. The van der Waals surface area contributed by atoms with E-state index >= 15 is 0 Å². The molecule has 0 heterocycles. The van der Waals surface area contributed by atoms with Gasteiger partial charge in [0.1, 0.15) is 0 Å². The van der Waals surface area contributed by atoms with Crippen LogP contribution in [0, 0.1) is 0 Å². The highest BCUT2D eigenvalue weighted by Crippen LogP contribution is 2.12. The second-order valence-electron chi connectivity index (χ2n) is 5.29. The van der Waals surface area contributed by atoms with Crippen molar-refractivity contribution in [1.29, 1.82) is 0 Å². The first-order chi connectivity index (χ1) is 9.71. The molecule has 0 bridgehead atoms. The molecular weight excluding hydrogens is 244 g/mol. The second-order valence-corrected chi connectivity index (χ2v) is 5.29. The van der Waals surface area contributed by atoms with Gasteiger partial charge in [-0.1, -0.05) is 43.3 Å². The minimum absolute atomic E-state index is 0.972. The van der Waals surface area contributed by atoms with Crippen LogP contribution >= 0.6 is 0 Å². The lowest BCUT2D eigenvalue weighted by Crippen LogP contribution is -2.17. The largest absolute Gasteiger partial charge is 0.388 e. The van der Waals surface area contributed by atoms with Crippen molar-refractivity contribution in [1.82, 2.24) is 4.90 Å². The maximum atomic E-state index is 3.14. The van der Waals surface area contributed by atoms with E-state index in [9.17, 15) is 0 Å². The Morgan fingerprint density at radius 1 is 0.800 bits per heavy atom. The molecular formula is C18H24N2. The third-order valence-electron chi connectivity index (χ3n) is 3.58. The van der Waals surface area contributed by atoms with Gasteiger partial charge >= 0.3 is 0 Å². The molecule has 0 saturated heterocycles. The number of hydrogen-bond acceptors (Lipinski definition) is 2. The summed E-state index contributed by atoms with van der Waals surface area (Å²) in [5.74, 6) is 0. The number of hydrogen-bond donors (Lipinski definition) is 1. The lowest BCUT2D eigenvalue weighted by atomic mass is 10.1. The summed E-state index contributed by atoms with van der Waals surface area (Å²) in [5, 5.41) is 3.14. The number of aryl methyl sites for hydroxylation is 1. The lowest BCUT2D eigenvalue weighted by Gasteiger charge is -2.17. The van der Waals surface area contributed by atoms with Crippen LogP contribution in [0.5, 0.6) is 0 Å². The fourth-order valence-corrected chi connectivity index (χ4v) is 2.34. The summed E-state index contributed by atoms with van der Waals surface area (Å²) < 4.78 is 0. The number of benzene rings is 2. The van der Waals surface area contributed by atoms with Crippen LogP contribution in [0.4, 0.5) is 5.69 Å². The summed E-state index contributed by atoms with van der Waals surface area (Å²) in [5.41, 5.74) is 5.28. The zero-order chi connectivity index (χ0) is 14.4. The smallest absolute Gasteiger partial charge is 0.0337 e. The van der Waals surface area contributed by atoms with E-state index in [2.05, 4.69) is 72.7 Å². The van der Waals surface area contributed by atoms with E-state index in [0.29, 0.717) is 0 Å². The summed E-state index contributed by atoms with van der Waals surface area (Å²) >= 11 is 0. The molecule has 2 nitrogen and oxygen atoms in total. The maximum Gasteiger partial charge on any atom is 0.0337 e. The van der Waals surface area contributed by atoms with Crippen LogP contribution in [0.3, 0.4) is 0 Å². The van der Waals surface area contributed by atoms with Gasteiger partial charge in [-0.15, -0.1) is 0 Å². The van der Waals surface area contributed by atoms with Crippen molar-refractivity contribution >= 4 is 5.69 Å². The van der Waals surface area contributed by atoms with Crippen LogP contribution in [0.25, 0.3) is 0 Å². The normalized spacial score (nSPS) is 10.8. The van der Waals surface area contributed by atoms with E-state index in [4.69, 9.17) is 0 Å². The molecule has 0 unspecified atom stereocenters. The number of nitrogens with zero attached hydrogens (tertiary/aromatic N) is 1. The molecule has 2 heteroatoms. The van der Waals surface area contributed by atoms with E-state index in [-0.39, 0.29) is 0 Å². The van der Waals surface area contributed by atoms with Crippen molar-refractivity contribution < 1.29 is 0 Å². The van der Waals surface area contributed by atoms with Crippen LogP contribution < -0.4 is 5.32 Å². The summed E-state index contributed by atoms with van der Waals surface area (Å²) in [6, 6.07) is 17.5. The number of anilines is 1. The summed E-state index contributed by atoms with van der Waals surface area (Å²) in [4.78, 5) is 2.34. The number of nitrogens with one attached hydrogen (secondary N) is 1. The molecule has 0 fully saturated rings. The third-order valence-corrected chi connectivity index (χ3v) is 3.58.